The van der Waals surface area contributed by atoms with E-state index in [0.29, 0.717) is 38.5 Å². The fourth-order valence-electron chi connectivity index (χ4n) is 4.45. The Kier molecular flexibility index (Phi) is 7.72. The van der Waals surface area contributed by atoms with Crippen molar-refractivity contribution in [3.05, 3.63) is 35.8 Å². The molecule has 4 heterocycles. The lowest BCUT2D eigenvalue weighted by Crippen LogP contribution is -2.41. The first kappa shape index (κ1) is 21.3. The number of hydrogen-bond acceptors (Lipinski definition) is 5. The molecule has 2 fully saturated rings. The van der Waals surface area contributed by atoms with Crippen molar-refractivity contribution in [2.45, 2.75) is 45.1 Å². The summed E-state index contributed by atoms with van der Waals surface area (Å²) in [5.41, 5.74) is 2.35. The minimum atomic E-state index is 0.0139. The third-order valence-corrected chi connectivity index (χ3v) is 6.20. The summed E-state index contributed by atoms with van der Waals surface area (Å²) in [6.45, 7) is 7.82. The Morgan fingerprint density at radius 3 is 2.63 bits per heavy atom. The minimum absolute atomic E-state index is 0.0139. The van der Waals surface area contributed by atoms with Crippen LogP contribution >= 0.6 is 0 Å². The van der Waals surface area contributed by atoms with Crippen LogP contribution in [0, 0.1) is 0 Å². The Labute approximate surface area is 179 Å². The molecule has 2 aliphatic heterocycles. The van der Waals surface area contributed by atoms with Crippen molar-refractivity contribution in [3.8, 4) is 0 Å². The van der Waals surface area contributed by atoms with Crippen molar-refractivity contribution in [1.82, 2.24) is 24.5 Å². The summed E-state index contributed by atoms with van der Waals surface area (Å²) < 4.78 is 7.43. The van der Waals surface area contributed by atoms with Gasteiger partial charge in [0.05, 0.1) is 18.9 Å². The molecule has 30 heavy (non-hydrogen) atoms. The number of nitrogens with zero attached hydrogens (tertiary/aromatic N) is 4. The zero-order valence-corrected chi connectivity index (χ0v) is 18.0. The van der Waals surface area contributed by atoms with Gasteiger partial charge >= 0.3 is 0 Å². The molecule has 7 nitrogen and oxygen atoms in total. The van der Waals surface area contributed by atoms with E-state index in [1.807, 2.05) is 33.7 Å². The number of ether oxygens (including phenoxy) is 1. The third kappa shape index (κ3) is 5.39. The molecule has 1 amide bonds. The van der Waals surface area contributed by atoms with E-state index in [4.69, 9.17) is 4.74 Å². The quantitative estimate of drug-likeness (QED) is 0.674. The average Bonchev–Trinajstić information content (AvgIpc) is 2.95. The summed E-state index contributed by atoms with van der Waals surface area (Å²) in [5.74, 6) is 0.0139. The lowest BCUT2D eigenvalue weighted by Gasteiger charge is -2.26. The lowest BCUT2D eigenvalue weighted by molar-refractivity contribution is 0.0298. The van der Waals surface area contributed by atoms with Crippen LogP contribution in [0.25, 0.3) is 5.65 Å². The summed E-state index contributed by atoms with van der Waals surface area (Å²) in [5, 5.41) is 3.55. The number of aromatic nitrogens is 2. The van der Waals surface area contributed by atoms with Crippen LogP contribution in [0.15, 0.2) is 24.4 Å². The van der Waals surface area contributed by atoms with Gasteiger partial charge in [-0.05, 0) is 64.0 Å². The SMILES string of the molecule is O=C(c1nc2ccccn2c1CNCCCCN1CCCCCC1)N1CCOCC1. The lowest BCUT2D eigenvalue weighted by atomic mass is 10.2. The first-order valence-corrected chi connectivity index (χ1v) is 11.6. The standard InChI is InChI=1S/C23H35N5O2/c29-23(27-15-17-30-18-16-27)22-20(28-14-7-3-9-21(28)25-22)19-24-10-4-8-13-26-11-5-1-2-6-12-26/h3,7,9,14,24H,1-2,4-6,8,10-13,15-19H2. The molecule has 2 aromatic rings. The number of pyridine rings is 1. The zero-order valence-electron chi connectivity index (χ0n) is 18.0. The van der Waals surface area contributed by atoms with Crippen LogP contribution in [-0.4, -0.2) is 77.6 Å². The number of unbranched alkanes of at least 4 members (excludes halogenated alkanes) is 1. The predicted octanol–water partition coefficient (Wildman–Crippen LogP) is 2.55. The first-order chi connectivity index (χ1) is 14.8. The van der Waals surface area contributed by atoms with E-state index in [-0.39, 0.29) is 5.91 Å². The summed E-state index contributed by atoms with van der Waals surface area (Å²) in [6.07, 6.45) is 9.86. The highest BCUT2D eigenvalue weighted by Crippen LogP contribution is 2.16. The smallest absolute Gasteiger partial charge is 0.274 e. The third-order valence-electron chi connectivity index (χ3n) is 6.20. The fraction of sp³-hybridized carbons (Fsp3) is 0.652. The Morgan fingerprint density at radius 2 is 1.83 bits per heavy atom. The van der Waals surface area contributed by atoms with Crippen molar-refractivity contribution < 1.29 is 9.53 Å². The number of rotatable bonds is 8. The van der Waals surface area contributed by atoms with Crippen molar-refractivity contribution >= 4 is 11.6 Å². The number of nitrogens with one attached hydrogen (secondary N) is 1. The maximum atomic E-state index is 13.1. The summed E-state index contributed by atoms with van der Waals surface area (Å²) >= 11 is 0. The number of carbonyl (C=O) groups is 1. The molecule has 0 unspecified atom stereocenters. The van der Waals surface area contributed by atoms with E-state index in [9.17, 15) is 4.79 Å². The highest BCUT2D eigenvalue weighted by Gasteiger charge is 2.25. The molecule has 2 aromatic heterocycles. The van der Waals surface area contributed by atoms with E-state index >= 15 is 0 Å². The number of fused-ring (bicyclic) bond motifs is 1. The highest BCUT2D eigenvalue weighted by molar-refractivity contribution is 5.94. The molecule has 0 bridgehead atoms. The van der Waals surface area contributed by atoms with Crippen LogP contribution in [0.1, 0.15) is 54.7 Å². The number of carbonyl (C=O) groups excluding carboxylic acids is 1. The molecule has 1 N–H and O–H groups in total. The van der Waals surface area contributed by atoms with Crippen molar-refractivity contribution in [2.75, 3.05) is 52.5 Å². The molecule has 0 saturated carbocycles. The van der Waals surface area contributed by atoms with E-state index in [1.54, 1.807) is 0 Å². The van der Waals surface area contributed by atoms with E-state index < -0.39 is 0 Å². The Bertz CT molecular complexity index is 807. The summed E-state index contributed by atoms with van der Waals surface area (Å²) in [7, 11) is 0. The number of imidazole rings is 1. The monoisotopic (exact) mass is 413 g/mol. The topological polar surface area (TPSA) is 62.1 Å². The van der Waals surface area contributed by atoms with Crippen molar-refractivity contribution in [1.29, 1.82) is 0 Å². The average molecular weight is 414 g/mol. The van der Waals surface area contributed by atoms with Crippen LogP contribution in [0.3, 0.4) is 0 Å². The fourth-order valence-corrected chi connectivity index (χ4v) is 4.45. The molecule has 2 aliphatic rings. The van der Waals surface area contributed by atoms with Crippen LogP contribution < -0.4 is 5.32 Å². The molecule has 164 valence electrons. The number of amides is 1. The van der Waals surface area contributed by atoms with Crippen LogP contribution in [0.5, 0.6) is 0 Å². The normalized spacial score (nSPS) is 18.6. The Balaban J connectivity index is 1.32. The highest BCUT2D eigenvalue weighted by atomic mass is 16.5. The molecule has 2 saturated heterocycles. The largest absolute Gasteiger partial charge is 0.378 e. The van der Waals surface area contributed by atoms with E-state index in [2.05, 4.69) is 15.2 Å². The van der Waals surface area contributed by atoms with Gasteiger partial charge in [-0.3, -0.25) is 4.79 Å². The van der Waals surface area contributed by atoms with Gasteiger partial charge < -0.3 is 24.3 Å². The molecule has 4 rings (SSSR count). The molecular weight excluding hydrogens is 378 g/mol. The molecule has 0 spiro atoms. The van der Waals surface area contributed by atoms with Gasteiger partial charge in [-0.25, -0.2) is 4.98 Å². The number of likely N-dealkylation sites (tertiary alicyclic amines) is 1. The van der Waals surface area contributed by atoms with Gasteiger partial charge in [0.15, 0.2) is 5.69 Å². The van der Waals surface area contributed by atoms with Gasteiger partial charge in [-0.1, -0.05) is 18.9 Å². The second kappa shape index (κ2) is 10.9. The first-order valence-electron chi connectivity index (χ1n) is 11.6. The second-order valence-electron chi connectivity index (χ2n) is 8.38. The maximum absolute atomic E-state index is 13.1. The number of morpholine rings is 1. The molecule has 0 aromatic carbocycles. The van der Waals surface area contributed by atoms with Crippen LogP contribution in [0.2, 0.25) is 0 Å². The van der Waals surface area contributed by atoms with Gasteiger partial charge in [-0.2, -0.15) is 0 Å². The van der Waals surface area contributed by atoms with E-state index in [1.165, 1.54) is 51.7 Å². The van der Waals surface area contributed by atoms with Gasteiger partial charge in [0.1, 0.15) is 5.65 Å². The van der Waals surface area contributed by atoms with Gasteiger partial charge in [0.2, 0.25) is 0 Å². The van der Waals surface area contributed by atoms with Gasteiger partial charge in [-0.15, -0.1) is 0 Å². The maximum Gasteiger partial charge on any atom is 0.274 e. The molecule has 0 atom stereocenters. The molecular formula is C23H35N5O2. The van der Waals surface area contributed by atoms with Gasteiger partial charge in [0.25, 0.3) is 5.91 Å². The molecule has 0 radical (unpaired) electrons. The molecule has 7 heteroatoms. The van der Waals surface area contributed by atoms with E-state index in [0.717, 1.165) is 24.3 Å². The van der Waals surface area contributed by atoms with Crippen molar-refractivity contribution in [3.63, 3.8) is 0 Å². The number of hydrogen-bond donors (Lipinski definition) is 1. The molecule has 0 aliphatic carbocycles. The minimum Gasteiger partial charge on any atom is -0.378 e. The van der Waals surface area contributed by atoms with Crippen molar-refractivity contribution in [2.24, 2.45) is 0 Å². The predicted molar refractivity (Wildman–Crippen MR) is 118 cm³/mol. The van der Waals surface area contributed by atoms with Crippen LogP contribution in [-0.2, 0) is 11.3 Å². The van der Waals surface area contributed by atoms with Crippen LogP contribution in [0.4, 0.5) is 0 Å². The Morgan fingerprint density at radius 1 is 1.03 bits per heavy atom. The summed E-state index contributed by atoms with van der Waals surface area (Å²) in [6, 6.07) is 5.91. The Hall–Kier alpha value is -1.96. The summed E-state index contributed by atoms with van der Waals surface area (Å²) in [4.78, 5) is 22.2. The zero-order chi connectivity index (χ0) is 20.6. The second-order valence-corrected chi connectivity index (χ2v) is 8.38. The van der Waals surface area contributed by atoms with Gasteiger partial charge in [0, 0.05) is 25.8 Å².